The number of aliphatic hydroxyl groups is 1. The molecule has 0 amide bonds. The summed E-state index contributed by atoms with van der Waals surface area (Å²) in [6.45, 7) is -0.0299. The van der Waals surface area contributed by atoms with Crippen LogP contribution in [0.15, 0.2) is 24.3 Å². The van der Waals surface area contributed by atoms with Crippen molar-refractivity contribution in [2.45, 2.75) is 6.61 Å². The molecule has 1 aromatic heterocycles. The molecule has 0 radical (unpaired) electrons. The predicted molar refractivity (Wildman–Crippen MR) is 50.8 cm³/mol. The standard InChI is InChI=1S/C10H11NO2/c1-13-10-7-4-2-3-5-8(7)11-9(10)6-12/h2-5,11-12H,6H2,1H3. The van der Waals surface area contributed by atoms with Crippen LogP contribution in [0.4, 0.5) is 0 Å². The summed E-state index contributed by atoms with van der Waals surface area (Å²) in [6.07, 6.45) is 0. The molecule has 0 fully saturated rings. The molecule has 0 aliphatic heterocycles. The zero-order chi connectivity index (χ0) is 9.26. The monoisotopic (exact) mass is 177 g/mol. The number of aliphatic hydroxyl groups excluding tert-OH is 1. The quantitative estimate of drug-likeness (QED) is 0.732. The minimum atomic E-state index is -0.0299. The van der Waals surface area contributed by atoms with Crippen LogP contribution in [0.5, 0.6) is 5.75 Å². The third kappa shape index (κ3) is 1.17. The Labute approximate surface area is 76.0 Å². The highest BCUT2D eigenvalue weighted by atomic mass is 16.5. The minimum absolute atomic E-state index is 0.0299. The van der Waals surface area contributed by atoms with Gasteiger partial charge in [-0.05, 0) is 12.1 Å². The van der Waals surface area contributed by atoms with E-state index in [1.165, 1.54) is 0 Å². The Morgan fingerprint density at radius 3 is 2.85 bits per heavy atom. The number of hydrogen-bond acceptors (Lipinski definition) is 2. The number of ether oxygens (including phenoxy) is 1. The molecule has 1 heterocycles. The van der Waals surface area contributed by atoms with Crippen molar-refractivity contribution in [1.29, 1.82) is 0 Å². The van der Waals surface area contributed by atoms with E-state index in [0.29, 0.717) is 0 Å². The van der Waals surface area contributed by atoms with E-state index in [4.69, 9.17) is 9.84 Å². The lowest BCUT2D eigenvalue weighted by Crippen LogP contribution is -1.88. The lowest BCUT2D eigenvalue weighted by molar-refractivity contribution is 0.270. The van der Waals surface area contributed by atoms with Gasteiger partial charge in [0, 0.05) is 10.9 Å². The van der Waals surface area contributed by atoms with Crippen molar-refractivity contribution in [3.8, 4) is 5.75 Å². The Kier molecular flexibility index (Phi) is 1.94. The van der Waals surface area contributed by atoms with E-state index in [-0.39, 0.29) is 6.61 Å². The van der Waals surface area contributed by atoms with Gasteiger partial charge in [0.05, 0.1) is 19.4 Å². The van der Waals surface area contributed by atoms with Crippen LogP contribution in [0.25, 0.3) is 10.9 Å². The van der Waals surface area contributed by atoms with Gasteiger partial charge in [-0.15, -0.1) is 0 Å². The smallest absolute Gasteiger partial charge is 0.149 e. The highest BCUT2D eigenvalue weighted by Gasteiger charge is 2.09. The average molecular weight is 177 g/mol. The Morgan fingerprint density at radius 1 is 1.38 bits per heavy atom. The van der Waals surface area contributed by atoms with Crippen molar-refractivity contribution in [2.75, 3.05) is 7.11 Å². The number of aromatic nitrogens is 1. The minimum Gasteiger partial charge on any atom is -0.494 e. The third-order valence-electron chi connectivity index (χ3n) is 2.09. The highest BCUT2D eigenvalue weighted by Crippen LogP contribution is 2.29. The van der Waals surface area contributed by atoms with Crippen molar-refractivity contribution >= 4 is 10.9 Å². The molecule has 3 heteroatoms. The normalized spacial score (nSPS) is 10.6. The predicted octanol–water partition coefficient (Wildman–Crippen LogP) is 1.67. The molecular formula is C10H11NO2. The summed E-state index contributed by atoms with van der Waals surface area (Å²) in [5.41, 5.74) is 1.71. The Morgan fingerprint density at radius 2 is 2.15 bits per heavy atom. The van der Waals surface area contributed by atoms with Crippen LogP contribution in [0, 0.1) is 0 Å². The lowest BCUT2D eigenvalue weighted by atomic mass is 10.2. The van der Waals surface area contributed by atoms with Gasteiger partial charge in [0.25, 0.3) is 0 Å². The molecule has 0 atom stereocenters. The first-order valence-electron chi connectivity index (χ1n) is 4.11. The molecule has 0 spiro atoms. The van der Waals surface area contributed by atoms with E-state index in [1.807, 2.05) is 24.3 Å². The number of fused-ring (bicyclic) bond motifs is 1. The molecule has 2 N–H and O–H groups in total. The number of methoxy groups -OCH3 is 1. The number of rotatable bonds is 2. The fourth-order valence-electron chi connectivity index (χ4n) is 1.52. The molecule has 0 aliphatic rings. The summed E-state index contributed by atoms with van der Waals surface area (Å²) in [4.78, 5) is 3.09. The van der Waals surface area contributed by atoms with E-state index in [2.05, 4.69) is 4.98 Å². The average Bonchev–Trinajstić information content (AvgIpc) is 2.55. The van der Waals surface area contributed by atoms with E-state index < -0.39 is 0 Å². The Bertz CT molecular complexity index is 420. The molecule has 68 valence electrons. The Balaban J connectivity index is 2.73. The first-order valence-corrected chi connectivity index (χ1v) is 4.11. The second-order valence-electron chi connectivity index (χ2n) is 2.84. The molecule has 2 rings (SSSR count). The molecular weight excluding hydrogens is 166 g/mol. The molecule has 1 aromatic carbocycles. The van der Waals surface area contributed by atoms with Gasteiger partial charge in [0.15, 0.2) is 0 Å². The number of aromatic amines is 1. The highest BCUT2D eigenvalue weighted by molar-refractivity contribution is 5.87. The molecule has 0 aliphatic carbocycles. The zero-order valence-corrected chi connectivity index (χ0v) is 7.37. The number of nitrogens with one attached hydrogen (secondary N) is 1. The molecule has 2 aromatic rings. The van der Waals surface area contributed by atoms with Gasteiger partial charge in [-0.2, -0.15) is 0 Å². The molecule has 0 bridgehead atoms. The topological polar surface area (TPSA) is 45.2 Å². The summed E-state index contributed by atoms with van der Waals surface area (Å²) in [5.74, 6) is 0.734. The van der Waals surface area contributed by atoms with Crippen LogP contribution in [0.1, 0.15) is 5.69 Å². The number of H-pyrrole nitrogens is 1. The van der Waals surface area contributed by atoms with Crippen molar-refractivity contribution in [2.24, 2.45) is 0 Å². The van der Waals surface area contributed by atoms with E-state index in [0.717, 1.165) is 22.3 Å². The summed E-state index contributed by atoms with van der Waals surface area (Å²) >= 11 is 0. The molecule has 0 saturated heterocycles. The van der Waals surface area contributed by atoms with Crippen molar-refractivity contribution < 1.29 is 9.84 Å². The first kappa shape index (κ1) is 8.13. The fraction of sp³-hybridized carbons (Fsp3) is 0.200. The van der Waals surface area contributed by atoms with Crippen LogP contribution in [0.2, 0.25) is 0 Å². The molecule has 0 saturated carbocycles. The van der Waals surface area contributed by atoms with Gasteiger partial charge < -0.3 is 14.8 Å². The van der Waals surface area contributed by atoms with Gasteiger partial charge in [0.2, 0.25) is 0 Å². The van der Waals surface area contributed by atoms with Gasteiger partial charge in [-0.25, -0.2) is 0 Å². The van der Waals surface area contributed by atoms with Crippen LogP contribution < -0.4 is 4.74 Å². The van der Waals surface area contributed by atoms with Crippen molar-refractivity contribution in [3.05, 3.63) is 30.0 Å². The lowest BCUT2D eigenvalue weighted by Gasteiger charge is -1.98. The maximum atomic E-state index is 9.04. The second-order valence-corrected chi connectivity index (χ2v) is 2.84. The first-order chi connectivity index (χ1) is 6.36. The molecule has 13 heavy (non-hydrogen) atoms. The summed E-state index contributed by atoms with van der Waals surface area (Å²) in [7, 11) is 1.61. The SMILES string of the molecule is COc1c(CO)[nH]c2ccccc12. The van der Waals surface area contributed by atoms with Crippen LogP contribution in [0.3, 0.4) is 0 Å². The maximum Gasteiger partial charge on any atom is 0.149 e. The molecule has 3 nitrogen and oxygen atoms in total. The summed E-state index contributed by atoms with van der Waals surface area (Å²) in [6, 6.07) is 7.81. The summed E-state index contributed by atoms with van der Waals surface area (Å²) in [5, 5.41) is 10.0. The van der Waals surface area contributed by atoms with Crippen LogP contribution in [-0.2, 0) is 6.61 Å². The van der Waals surface area contributed by atoms with Crippen LogP contribution in [-0.4, -0.2) is 17.2 Å². The fourth-order valence-corrected chi connectivity index (χ4v) is 1.52. The number of hydrogen-bond donors (Lipinski definition) is 2. The van der Waals surface area contributed by atoms with E-state index in [1.54, 1.807) is 7.11 Å². The van der Waals surface area contributed by atoms with Gasteiger partial charge >= 0.3 is 0 Å². The van der Waals surface area contributed by atoms with Crippen LogP contribution >= 0.6 is 0 Å². The molecule has 0 unspecified atom stereocenters. The largest absolute Gasteiger partial charge is 0.494 e. The summed E-state index contributed by atoms with van der Waals surface area (Å²) < 4.78 is 5.20. The van der Waals surface area contributed by atoms with E-state index >= 15 is 0 Å². The van der Waals surface area contributed by atoms with Crippen molar-refractivity contribution in [3.63, 3.8) is 0 Å². The Hall–Kier alpha value is -1.48. The maximum absolute atomic E-state index is 9.04. The number of benzene rings is 1. The second kappa shape index (κ2) is 3.11. The zero-order valence-electron chi connectivity index (χ0n) is 7.37. The van der Waals surface area contributed by atoms with E-state index in [9.17, 15) is 0 Å². The third-order valence-corrected chi connectivity index (χ3v) is 2.09. The van der Waals surface area contributed by atoms with Gasteiger partial charge in [-0.3, -0.25) is 0 Å². The van der Waals surface area contributed by atoms with Crippen molar-refractivity contribution in [1.82, 2.24) is 4.98 Å². The van der Waals surface area contributed by atoms with Gasteiger partial charge in [0.1, 0.15) is 5.75 Å². The van der Waals surface area contributed by atoms with Gasteiger partial charge in [-0.1, -0.05) is 12.1 Å². The number of para-hydroxylation sites is 1.